The highest BCUT2D eigenvalue weighted by Gasteiger charge is 2.29. The fourth-order valence-electron chi connectivity index (χ4n) is 1.88. The van der Waals surface area contributed by atoms with Crippen molar-refractivity contribution < 1.29 is 14.3 Å². The minimum absolute atomic E-state index is 0.0842. The molecule has 1 aliphatic rings. The topological polar surface area (TPSA) is 55.4 Å². The lowest BCUT2D eigenvalue weighted by Gasteiger charge is -2.23. The molecule has 0 unspecified atom stereocenters. The summed E-state index contributed by atoms with van der Waals surface area (Å²) < 4.78 is 5.76. The largest absolute Gasteiger partial charge is 0.485 e. The van der Waals surface area contributed by atoms with Gasteiger partial charge in [-0.3, -0.25) is 9.59 Å². The second-order valence-electron chi connectivity index (χ2n) is 4.85. The van der Waals surface area contributed by atoms with E-state index >= 15 is 0 Å². The third kappa shape index (κ3) is 2.64. The van der Waals surface area contributed by atoms with Crippen molar-refractivity contribution in [2.45, 2.75) is 25.9 Å². The van der Waals surface area contributed by atoms with Gasteiger partial charge in [-0.2, -0.15) is 0 Å². The van der Waals surface area contributed by atoms with Crippen molar-refractivity contribution in [2.75, 3.05) is 11.2 Å². The maximum absolute atomic E-state index is 11.7. The fraction of sp³-hybridized carbons (Fsp3) is 0.385. The summed E-state index contributed by atoms with van der Waals surface area (Å²) in [5, 5.41) is 2.74. The predicted molar refractivity (Wildman–Crippen MR) is 69.4 cm³/mol. The predicted octanol–water partition coefficient (Wildman–Crippen LogP) is 2.61. The number of ether oxygens (including phenoxy) is 1. The number of carbonyl (C=O) groups excluding carboxylic acids is 2. The van der Waals surface area contributed by atoms with Crippen LogP contribution in [0.15, 0.2) is 18.2 Å². The summed E-state index contributed by atoms with van der Waals surface area (Å²) in [6.45, 7) is 3.69. The van der Waals surface area contributed by atoms with Crippen molar-refractivity contribution in [1.29, 1.82) is 0 Å². The molecule has 0 spiro atoms. The minimum Gasteiger partial charge on any atom is -0.485 e. The Labute approximate surface area is 110 Å². The summed E-state index contributed by atoms with van der Waals surface area (Å²) in [6, 6.07) is 4.93. The van der Waals surface area contributed by atoms with Gasteiger partial charge >= 0.3 is 0 Å². The van der Waals surface area contributed by atoms with E-state index in [4.69, 9.17) is 16.3 Å². The van der Waals surface area contributed by atoms with E-state index in [2.05, 4.69) is 5.32 Å². The van der Waals surface area contributed by atoms with Crippen molar-refractivity contribution in [3.8, 4) is 5.75 Å². The van der Waals surface area contributed by atoms with Crippen LogP contribution in [0.2, 0.25) is 0 Å². The van der Waals surface area contributed by atoms with Crippen LogP contribution in [0.25, 0.3) is 0 Å². The quantitative estimate of drug-likeness (QED) is 0.662. The van der Waals surface area contributed by atoms with Gasteiger partial charge in [0.2, 0.25) is 5.91 Å². The number of rotatable bonds is 2. The Morgan fingerprint density at radius 3 is 2.89 bits per heavy atom. The zero-order valence-electron chi connectivity index (χ0n) is 10.2. The molecule has 1 amide bonds. The number of anilines is 1. The Morgan fingerprint density at radius 2 is 2.22 bits per heavy atom. The lowest BCUT2D eigenvalue weighted by molar-refractivity contribution is -0.118. The first-order valence-electron chi connectivity index (χ1n) is 5.63. The van der Waals surface area contributed by atoms with E-state index in [9.17, 15) is 9.59 Å². The van der Waals surface area contributed by atoms with Crippen LogP contribution in [0.4, 0.5) is 5.69 Å². The van der Waals surface area contributed by atoms with Crippen LogP contribution in [-0.4, -0.2) is 23.2 Å². The van der Waals surface area contributed by atoms with Gasteiger partial charge in [0.15, 0.2) is 5.78 Å². The third-order valence-electron chi connectivity index (χ3n) is 2.67. The lowest BCUT2D eigenvalue weighted by Crippen LogP contribution is -2.30. The maximum atomic E-state index is 11.7. The van der Waals surface area contributed by atoms with Gasteiger partial charge in [0, 0.05) is 5.56 Å². The average Bonchev–Trinajstić information content (AvgIpc) is 2.40. The average molecular weight is 268 g/mol. The van der Waals surface area contributed by atoms with Crippen molar-refractivity contribution in [3.63, 3.8) is 0 Å². The minimum atomic E-state index is -0.562. The molecule has 0 radical (unpaired) electrons. The lowest BCUT2D eigenvalue weighted by atomic mass is 10.1. The zero-order chi connectivity index (χ0) is 13.3. The first-order chi connectivity index (χ1) is 8.41. The standard InChI is InChI=1S/C13H14ClNO3/c1-13(2)6-12(17)15-9-5-8(10(16)7-14)3-4-11(9)18-13/h3-5H,6-7H2,1-2H3,(H,15,17). The number of fused-ring (bicyclic) bond motifs is 1. The van der Waals surface area contributed by atoms with E-state index < -0.39 is 5.60 Å². The molecular formula is C13H14ClNO3. The molecule has 0 saturated heterocycles. The number of nitrogens with one attached hydrogen (secondary N) is 1. The van der Waals surface area contributed by atoms with E-state index in [1.807, 2.05) is 13.8 Å². The number of benzene rings is 1. The molecule has 0 aliphatic carbocycles. The van der Waals surface area contributed by atoms with E-state index in [-0.39, 0.29) is 24.0 Å². The molecule has 1 heterocycles. The van der Waals surface area contributed by atoms with Crippen molar-refractivity contribution >= 4 is 29.0 Å². The van der Waals surface area contributed by atoms with Gasteiger partial charge in [-0.25, -0.2) is 0 Å². The second kappa shape index (κ2) is 4.61. The molecular weight excluding hydrogens is 254 g/mol. The van der Waals surface area contributed by atoms with E-state index in [0.29, 0.717) is 17.0 Å². The van der Waals surface area contributed by atoms with Crippen LogP contribution in [0.5, 0.6) is 5.75 Å². The van der Waals surface area contributed by atoms with Gasteiger partial charge in [-0.05, 0) is 32.0 Å². The molecule has 1 aromatic rings. The summed E-state index contributed by atoms with van der Waals surface area (Å²) in [6.07, 6.45) is 0.264. The second-order valence-corrected chi connectivity index (χ2v) is 5.12. The van der Waals surface area contributed by atoms with Crippen LogP contribution in [-0.2, 0) is 4.79 Å². The number of hydrogen-bond acceptors (Lipinski definition) is 3. The van der Waals surface area contributed by atoms with Crippen LogP contribution in [0, 0.1) is 0 Å². The monoisotopic (exact) mass is 267 g/mol. The molecule has 2 rings (SSSR count). The molecule has 0 aromatic heterocycles. The smallest absolute Gasteiger partial charge is 0.228 e. The van der Waals surface area contributed by atoms with Gasteiger partial charge in [0.1, 0.15) is 11.4 Å². The number of amides is 1. The molecule has 5 heteroatoms. The van der Waals surface area contributed by atoms with E-state index in [0.717, 1.165) is 0 Å². The molecule has 0 saturated carbocycles. The van der Waals surface area contributed by atoms with Crippen LogP contribution >= 0.6 is 11.6 Å². The summed E-state index contributed by atoms with van der Waals surface area (Å²) in [5.74, 6) is 0.169. The number of alkyl halides is 1. The highest BCUT2D eigenvalue weighted by Crippen LogP contribution is 2.33. The van der Waals surface area contributed by atoms with E-state index in [1.54, 1.807) is 18.2 Å². The number of ketones is 1. The van der Waals surface area contributed by atoms with Gasteiger partial charge < -0.3 is 10.1 Å². The SMILES string of the molecule is CC1(C)CC(=O)Nc2cc(C(=O)CCl)ccc2O1. The van der Waals surface area contributed by atoms with E-state index in [1.165, 1.54) is 0 Å². The Bertz CT molecular complexity index is 511. The molecule has 0 fully saturated rings. The number of hydrogen-bond donors (Lipinski definition) is 1. The van der Waals surface area contributed by atoms with Crippen molar-refractivity contribution in [3.05, 3.63) is 23.8 Å². The molecule has 4 nitrogen and oxygen atoms in total. The van der Waals surface area contributed by atoms with Crippen LogP contribution in [0.3, 0.4) is 0 Å². The summed E-state index contributed by atoms with van der Waals surface area (Å²) >= 11 is 5.51. The van der Waals surface area contributed by atoms with Gasteiger partial charge in [0.05, 0.1) is 18.0 Å². The van der Waals surface area contributed by atoms with Gasteiger partial charge in [0.25, 0.3) is 0 Å². The number of halogens is 1. The Kier molecular flexibility index (Phi) is 3.30. The fourth-order valence-corrected chi connectivity index (χ4v) is 2.04. The Morgan fingerprint density at radius 1 is 1.50 bits per heavy atom. The Hall–Kier alpha value is -1.55. The summed E-state index contributed by atoms with van der Waals surface area (Å²) in [7, 11) is 0. The van der Waals surface area contributed by atoms with Gasteiger partial charge in [-0.15, -0.1) is 11.6 Å². The number of Topliss-reactive ketones (excluding diaryl/α,β-unsaturated/α-hetero) is 1. The molecule has 1 aromatic carbocycles. The first-order valence-corrected chi connectivity index (χ1v) is 6.17. The Balaban J connectivity index is 2.41. The summed E-state index contributed by atoms with van der Waals surface area (Å²) in [5.41, 5.74) is 0.418. The molecule has 0 atom stereocenters. The van der Waals surface area contributed by atoms with Crippen LogP contribution in [0.1, 0.15) is 30.6 Å². The highest BCUT2D eigenvalue weighted by atomic mass is 35.5. The zero-order valence-corrected chi connectivity index (χ0v) is 11.0. The first kappa shape index (κ1) is 12.9. The molecule has 1 aliphatic heterocycles. The summed E-state index contributed by atoms with van der Waals surface area (Å²) in [4.78, 5) is 23.2. The molecule has 18 heavy (non-hydrogen) atoms. The normalized spacial score (nSPS) is 17.2. The highest BCUT2D eigenvalue weighted by molar-refractivity contribution is 6.30. The third-order valence-corrected chi connectivity index (χ3v) is 2.91. The number of carbonyl (C=O) groups is 2. The van der Waals surface area contributed by atoms with Crippen molar-refractivity contribution in [2.24, 2.45) is 0 Å². The maximum Gasteiger partial charge on any atom is 0.228 e. The van der Waals surface area contributed by atoms with Crippen molar-refractivity contribution in [1.82, 2.24) is 0 Å². The molecule has 96 valence electrons. The molecule has 1 N–H and O–H groups in total. The van der Waals surface area contributed by atoms with Gasteiger partial charge in [-0.1, -0.05) is 0 Å². The molecule has 0 bridgehead atoms. The van der Waals surface area contributed by atoms with Crippen LogP contribution < -0.4 is 10.1 Å².